The Labute approximate surface area is 98.9 Å². The number of hydrogen-bond acceptors (Lipinski definition) is 4. The van der Waals surface area contributed by atoms with Gasteiger partial charge in [-0.15, -0.1) is 0 Å². The normalized spacial score (nSPS) is 15.1. The summed E-state index contributed by atoms with van der Waals surface area (Å²) in [6.45, 7) is 1.12. The molecule has 2 rings (SSSR count). The molecule has 92 valence electrons. The summed E-state index contributed by atoms with van der Waals surface area (Å²) in [4.78, 5) is 10.6. The van der Waals surface area contributed by atoms with E-state index in [9.17, 15) is 4.79 Å². The molecule has 0 aromatic heterocycles. The second-order valence-corrected chi connectivity index (χ2v) is 3.83. The first-order valence-electron chi connectivity index (χ1n) is 5.32. The molecule has 1 aromatic rings. The minimum atomic E-state index is -0.868. The maximum absolute atomic E-state index is 10.6. The molecule has 1 saturated heterocycles. The Kier molecular flexibility index (Phi) is 3.49. The van der Waals surface area contributed by atoms with Crippen molar-refractivity contribution in [1.82, 2.24) is 0 Å². The molecule has 17 heavy (non-hydrogen) atoms. The number of benzene rings is 1. The Morgan fingerprint density at radius 1 is 1.47 bits per heavy atom. The predicted octanol–water partition coefficient (Wildman–Crippen LogP) is 1.10. The van der Waals surface area contributed by atoms with Gasteiger partial charge in [-0.3, -0.25) is 4.79 Å². The van der Waals surface area contributed by atoms with Crippen LogP contribution >= 0.6 is 0 Å². The van der Waals surface area contributed by atoms with E-state index in [1.54, 1.807) is 25.3 Å². The summed E-state index contributed by atoms with van der Waals surface area (Å²) in [5.74, 6) is 0.304. The third-order valence-electron chi connectivity index (χ3n) is 2.48. The molecule has 1 aliphatic rings. The van der Waals surface area contributed by atoms with Crippen LogP contribution in [0.3, 0.4) is 0 Å². The molecule has 0 unspecified atom stereocenters. The molecule has 0 bridgehead atoms. The van der Waals surface area contributed by atoms with Gasteiger partial charge in [0.15, 0.2) is 11.5 Å². The fourth-order valence-electron chi connectivity index (χ4n) is 1.56. The van der Waals surface area contributed by atoms with Crippen molar-refractivity contribution in [1.29, 1.82) is 0 Å². The van der Waals surface area contributed by atoms with Crippen LogP contribution in [0.5, 0.6) is 11.5 Å². The smallest absolute Gasteiger partial charge is 0.307 e. The molecule has 1 aromatic carbocycles. The van der Waals surface area contributed by atoms with Crippen LogP contribution in [0, 0.1) is 0 Å². The van der Waals surface area contributed by atoms with E-state index < -0.39 is 5.97 Å². The first kappa shape index (κ1) is 11.7. The molecule has 1 N–H and O–H groups in total. The first-order chi connectivity index (χ1) is 8.19. The summed E-state index contributed by atoms with van der Waals surface area (Å²) in [7, 11) is 1.55. The van der Waals surface area contributed by atoms with Gasteiger partial charge in [-0.1, -0.05) is 6.07 Å². The van der Waals surface area contributed by atoms with Crippen LogP contribution in [-0.4, -0.2) is 37.5 Å². The van der Waals surface area contributed by atoms with Crippen LogP contribution in [0.25, 0.3) is 0 Å². The molecule has 0 radical (unpaired) electrons. The van der Waals surface area contributed by atoms with Crippen LogP contribution in [-0.2, 0) is 16.0 Å². The van der Waals surface area contributed by atoms with Crippen molar-refractivity contribution in [3.8, 4) is 11.5 Å². The fourth-order valence-corrected chi connectivity index (χ4v) is 1.56. The van der Waals surface area contributed by atoms with Crippen molar-refractivity contribution in [2.45, 2.75) is 12.5 Å². The molecule has 1 heterocycles. The lowest BCUT2D eigenvalue weighted by molar-refractivity contribution is -0.136. The molecule has 5 nitrogen and oxygen atoms in total. The van der Waals surface area contributed by atoms with Crippen LogP contribution in [0.2, 0.25) is 0 Å². The SMILES string of the molecule is COc1ccc(CC(=O)O)cc1OC1COC1. The average molecular weight is 238 g/mol. The van der Waals surface area contributed by atoms with Gasteiger partial charge >= 0.3 is 5.97 Å². The first-order valence-corrected chi connectivity index (χ1v) is 5.32. The number of carbonyl (C=O) groups is 1. The molecule has 1 fully saturated rings. The number of rotatable bonds is 5. The number of aliphatic carboxylic acids is 1. The monoisotopic (exact) mass is 238 g/mol. The highest BCUT2D eigenvalue weighted by Crippen LogP contribution is 2.30. The highest BCUT2D eigenvalue weighted by Gasteiger charge is 2.22. The van der Waals surface area contributed by atoms with Gasteiger partial charge in [0, 0.05) is 0 Å². The lowest BCUT2D eigenvalue weighted by Gasteiger charge is -2.27. The molecule has 0 aliphatic carbocycles. The number of ether oxygens (including phenoxy) is 3. The van der Waals surface area contributed by atoms with Gasteiger partial charge in [0.25, 0.3) is 0 Å². The van der Waals surface area contributed by atoms with Gasteiger partial charge in [0.1, 0.15) is 6.10 Å². The highest BCUT2D eigenvalue weighted by atomic mass is 16.6. The number of methoxy groups -OCH3 is 1. The van der Waals surface area contributed by atoms with Crippen LogP contribution in [0.1, 0.15) is 5.56 Å². The number of carboxylic acid groups (broad SMARTS) is 1. The van der Waals surface area contributed by atoms with E-state index in [-0.39, 0.29) is 12.5 Å². The molecule has 0 saturated carbocycles. The van der Waals surface area contributed by atoms with E-state index in [1.807, 2.05) is 0 Å². The molecular formula is C12H14O5. The third-order valence-corrected chi connectivity index (χ3v) is 2.48. The van der Waals surface area contributed by atoms with E-state index >= 15 is 0 Å². The lowest BCUT2D eigenvalue weighted by atomic mass is 10.1. The molecule has 1 aliphatic heterocycles. The minimum Gasteiger partial charge on any atom is -0.493 e. The minimum absolute atomic E-state index is 0.0263. The van der Waals surface area contributed by atoms with Crippen LogP contribution in [0.15, 0.2) is 18.2 Å². The van der Waals surface area contributed by atoms with Gasteiger partial charge < -0.3 is 19.3 Å². The Morgan fingerprint density at radius 3 is 2.76 bits per heavy atom. The quantitative estimate of drug-likeness (QED) is 0.832. The molecular weight excluding hydrogens is 224 g/mol. The number of carboxylic acids is 1. The standard InChI is InChI=1S/C12H14O5/c1-15-10-3-2-8(5-12(13)14)4-11(10)17-9-6-16-7-9/h2-4,9H,5-7H2,1H3,(H,13,14). The van der Waals surface area contributed by atoms with E-state index in [4.69, 9.17) is 19.3 Å². The second-order valence-electron chi connectivity index (χ2n) is 3.83. The highest BCUT2D eigenvalue weighted by molar-refractivity contribution is 5.70. The summed E-state index contributed by atoms with van der Waals surface area (Å²) in [5, 5.41) is 8.73. The fraction of sp³-hybridized carbons (Fsp3) is 0.417. The average Bonchev–Trinajstić information content (AvgIpc) is 2.23. The van der Waals surface area contributed by atoms with Crippen molar-refractivity contribution in [3.63, 3.8) is 0 Å². The molecule has 5 heteroatoms. The second kappa shape index (κ2) is 5.05. The van der Waals surface area contributed by atoms with Crippen molar-refractivity contribution in [2.24, 2.45) is 0 Å². The maximum Gasteiger partial charge on any atom is 0.307 e. The van der Waals surface area contributed by atoms with E-state index in [1.165, 1.54) is 0 Å². The van der Waals surface area contributed by atoms with Gasteiger partial charge in [0.2, 0.25) is 0 Å². The topological polar surface area (TPSA) is 65.0 Å². The lowest BCUT2D eigenvalue weighted by Crippen LogP contribution is -2.38. The number of hydrogen-bond donors (Lipinski definition) is 1. The third kappa shape index (κ3) is 2.88. The maximum atomic E-state index is 10.6. The summed E-state index contributed by atoms with van der Waals surface area (Å²) in [6.07, 6.45) is 0.00519. The van der Waals surface area contributed by atoms with Crippen molar-refractivity contribution < 1.29 is 24.1 Å². The molecule has 0 atom stereocenters. The summed E-state index contributed by atoms with van der Waals surface area (Å²) < 4.78 is 15.8. The van der Waals surface area contributed by atoms with Gasteiger partial charge in [-0.2, -0.15) is 0 Å². The van der Waals surface area contributed by atoms with Crippen molar-refractivity contribution >= 4 is 5.97 Å². The molecule has 0 spiro atoms. The van der Waals surface area contributed by atoms with Gasteiger partial charge in [-0.25, -0.2) is 0 Å². The Morgan fingerprint density at radius 2 is 2.24 bits per heavy atom. The summed E-state index contributed by atoms with van der Waals surface area (Å²) >= 11 is 0. The van der Waals surface area contributed by atoms with Gasteiger partial charge in [0.05, 0.1) is 26.7 Å². The Hall–Kier alpha value is -1.75. The largest absolute Gasteiger partial charge is 0.493 e. The van der Waals surface area contributed by atoms with E-state index in [0.717, 1.165) is 0 Å². The van der Waals surface area contributed by atoms with Crippen molar-refractivity contribution in [2.75, 3.05) is 20.3 Å². The van der Waals surface area contributed by atoms with Crippen molar-refractivity contribution in [3.05, 3.63) is 23.8 Å². The summed E-state index contributed by atoms with van der Waals surface area (Å²) in [6, 6.07) is 5.13. The summed E-state index contributed by atoms with van der Waals surface area (Å²) in [5.41, 5.74) is 0.688. The predicted molar refractivity (Wildman–Crippen MR) is 59.6 cm³/mol. The Balaban J connectivity index is 2.15. The zero-order valence-corrected chi connectivity index (χ0v) is 9.51. The van der Waals surface area contributed by atoms with Crippen LogP contribution < -0.4 is 9.47 Å². The Bertz CT molecular complexity index is 411. The van der Waals surface area contributed by atoms with E-state index in [2.05, 4.69) is 0 Å². The van der Waals surface area contributed by atoms with Gasteiger partial charge in [-0.05, 0) is 17.7 Å². The van der Waals surface area contributed by atoms with Crippen LogP contribution in [0.4, 0.5) is 0 Å². The zero-order chi connectivity index (χ0) is 12.3. The molecule has 0 amide bonds. The van der Waals surface area contributed by atoms with E-state index in [0.29, 0.717) is 30.3 Å². The zero-order valence-electron chi connectivity index (χ0n) is 9.51.